The van der Waals surface area contributed by atoms with Crippen molar-refractivity contribution < 1.29 is 10.2 Å². The van der Waals surface area contributed by atoms with Crippen molar-refractivity contribution in [3.05, 3.63) is 77.3 Å². The van der Waals surface area contributed by atoms with Gasteiger partial charge >= 0.3 is 0 Å². The largest absolute Gasteiger partial charge is 0.504 e. The lowest BCUT2D eigenvalue weighted by molar-refractivity contribution is 0.326. The van der Waals surface area contributed by atoms with Gasteiger partial charge in [0.2, 0.25) is 0 Å². The SMILES string of the molecule is C=C(/C=C(\C#N)c1ccc(C)cc1)/C=C(O)\C(O)=C/C. The minimum atomic E-state index is -0.282. The van der Waals surface area contributed by atoms with E-state index in [1.165, 1.54) is 12.2 Å². The van der Waals surface area contributed by atoms with E-state index >= 15 is 0 Å². The summed E-state index contributed by atoms with van der Waals surface area (Å²) in [5.41, 5.74) is 2.76. The van der Waals surface area contributed by atoms with E-state index in [1.54, 1.807) is 13.0 Å². The zero-order valence-corrected chi connectivity index (χ0v) is 11.6. The van der Waals surface area contributed by atoms with Crippen LogP contribution in [0.4, 0.5) is 0 Å². The maximum absolute atomic E-state index is 9.55. The molecule has 102 valence electrons. The number of benzene rings is 1. The molecule has 0 aromatic heterocycles. The minimum absolute atomic E-state index is 0.228. The Kier molecular flexibility index (Phi) is 5.37. The Morgan fingerprint density at radius 1 is 1.15 bits per heavy atom. The summed E-state index contributed by atoms with van der Waals surface area (Å²) in [6.07, 6.45) is 4.23. The zero-order chi connectivity index (χ0) is 15.1. The maximum Gasteiger partial charge on any atom is 0.157 e. The van der Waals surface area contributed by atoms with Crippen LogP contribution in [-0.4, -0.2) is 10.2 Å². The average Bonchev–Trinajstić information content (AvgIpc) is 2.44. The Hall–Kier alpha value is -2.73. The molecule has 0 fully saturated rings. The molecule has 0 unspecified atom stereocenters. The van der Waals surface area contributed by atoms with E-state index in [0.29, 0.717) is 11.1 Å². The van der Waals surface area contributed by atoms with Gasteiger partial charge in [0, 0.05) is 0 Å². The molecule has 0 saturated heterocycles. The second-order valence-electron chi connectivity index (χ2n) is 4.31. The van der Waals surface area contributed by atoms with Crippen molar-refractivity contribution in [2.75, 3.05) is 0 Å². The fraction of sp³-hybridized carbons (Fsp3) is 0.118. The molecule has 3 heteroatoms. The number of rotatable bonds is 4. The number of hydrogen-bond donors (Lipinski definition) is 2. The summed E-state index contributed by atoms with van der Waals surface area (Å²) in [5, 5.41) is 28.1. The van der Waals surface area contributed by atoms with Gasteiger partial charge < -0.3 is 10.2 Å². The third-order valence-corrected chi connectivity index (χ3v) is 2.67. The van der Waals surface area contributed by atoms with Gasteiger partial charge in [-0.15, -0.1) is 0 Å². The number of nitrogens with zero attached hydrogens (tertiary/aromatic N) is 1. The molecule has 20 heavy (non-hydrogen) atoms. The minimum Gasteiger partial charge on any atom is -0.504 e. The average molecular weight is 267 g/mol. The maximum atomic E-state index is 9.55. The molecule has 0 aliphatic heterocycles. The molecule has 0 aliphatic rings. The van der Waals surface area contributed by atoms with Crippen molar-refractivity contribution >= 4 is 5.57 Å². The van der Waals surface area contributed by atoms with E-state index in [1.807, 2.05) is 31.2 Å². The lowest BCUT2D eigenvalue weighted by atomic mass is 10.0. The summed E-state index contributed by atoms with van der Waals surface area (Å²) in [5.74, 6) is -0.511. The molecule has 0 amide bonds. The standard InChI is InChI=1S/C17H17NO2/c1-4-16(19)17(20)10-13(3)9-15(11-18)14-7-5-12(2)6-8-14/h4-10,19-20H,3H2,1-2H3/b15-9+,16-4+,17-10+. The first kappa shape index (κ1) is 15.3. The van der Waals surface area contributed by atoms with Gasteiger partial charge in [0.25, 0.3) is 0 Å². The Morgan fingerprint density at radius 3 is 2.25 bits per heavy atom. The van der Waals surface area contributed by atoms with Gasteiger partial charge in [-0.2, -0.15) is 5.26 Å². The zero-order valence-electron chi connectivity index (χ0n) is 11.6. The summed E-state index contributed by atoms with van der Waals surface area (Å²) >= 11 is 0. The first-order valence-corrected chi connectivity index (χ1v) is 6.12. The predicted molar refractivity (Wildman–Crippen MR) is 81.0 cm³/mol. The highest BCUT2D eigenvalue weighted by atomic mass is 16.3. The van der Waals surface area contributed by atoms with Crippen LogP contribution in [0, 0.1) is 18.3 Å². The van der Waals surface area contributed by atoms with Crippen LogP contribution < -0.4 is 0 Å². The highest BCUT2D eigenvalue weighted by Crippen LogP contribution is 2.17. The molecule has 1 rings (SSSR count). The van der Waals surface area contributed by atoms with Gasteiger partial charge in [-0.25, -0.2) is 0 Å². The van der Waals surface area contributed by atoms with Gasteiger partial charge in [0.05, 0.1) is 11.6 Å². The van der Waals surface area contributed by atoms with Crippen LogP contribution in [0.1, 0.15) is 18.1 Å². The number of allylic oxidation sites excluding steroid dienone is 5. The molecule has 0 atom stereocenters. The molecule has 0 aliphatic carbocycles. The summed E-state index contributed by atoms with van der Waals surface area (Å²) in [7, 11) is 0. The lowest BCUT2D eigenvalue weighted by Crippen LogP contribution is -1.88. The van der Waals surface area contributed by atoms with Crippen LogP contribution in [0.2, 0.25) is 0 Å². The van der Waals surface area contributed by atoms with Crippen molar-refractivity contribution in [2.45, 2.75) is 13.8 Å². The Labute approximate surface area is 119 Å². The summed E-state index contributed by atoms with van der Waals surface area (Å²) in [4.78, 5) is 0. The number of aliphatic hydroxyl groups is 2. The molecule has 2 N–H and O–H groups in total. The van der Waals surface area contributed by atoms with Crippen molar-refractivity contribution in [2.24, 2.45) is 0 Å². The second kappa shape index (κ2) is 7.01. The molecular formula is C17H17NO2. The lowest BCUT2D eigenvalue weighted by Gasteiger charge is -2.01. The smallest absolute Gasteiger partial charge is 0.157 e. The highest BCUT2D eigenvalue weighted by Gasteiger charge is 2.02. The van der Waals surface area contributed by atoms with E-state index in [-0.39, 0.29) is 11.5 Å². The third kappa shape index (κ3) is 4.18. The summed E-state index contributed by atoms with van der Waals surface area (Å²) < 4.78 is 0. The first-order chi connectivity index (χ1) is 9.47. The quantitative estimate of drug-likeness (QED) is 0.484. The fourth-order valence-corrected chi connectivity index (χ4v) is 1.54. The number of nitriles is 1. The Balaban J connectivity index is 3.05. The van der Waals surface area contributed by atoms with E-state index in [0.717, 1.165) is 11.1 Å². The van der Waals surface area contributed by atoms with Gasteiger partial charge in [-0.3, -0.25) is 0 Å². The number of hydrogen-bond acceptors (Lipinski definition) is 3. The molecule has 3 nitrogen and oxygen atoms in total. The van der Waals surface area contributed by atoms with Crippen molar-refractivity contribution in [1.29, 1.82) is 5.26 Å². The van der Waals surface area contributed by atoms with Gasteiger partial charge in [-0.05, 0) is 43.2 Å². The molecule has 0 spiro atoms. The van der Waals surface area contributed by atoms with Gasteiger partial charge in [0.1, 0.15) is 0 Å². The van der Waals surface area contributed by atoms with Gasteiger partial charge in [-0.1, -0.05) is 36.4 Å². The second-order valence-corrected chi connectivity index (χ2v) is 4.31. The van der Waals surface area contributed by atoms with Crippen molar-refractivity contribution in [1.82, 2.24) is 0 Å². The molecule has 0 heterocycles. The van der Waals surface area contributed by atoms with Crippen molar-refractivity contribution in [3.8, 4) is 6.07 Å². The van der Waals surface area contributed by atoms with E-state index < -0.39 is 0 Å². The molecule has 0 radical (unpaired) electrons. The molecule has 0 saturated carbocycles. The van der Waals surface area contributed by atoms with Crippen molar-refractivity contribution in [3.63, 3.8) is 0 Å². The number of aryl methyl sites for hydroxylation is 1. The van der Waals surface area contributed by atoms with Crippen LogP contribution in [0.15, 0.2) is 66.2 Å². The van der Waals surface area contributed by atoms with Gasteiger partial charge in [0.15, 0.2) is 11.5 Å². The third-order valence-electron chi connectivity index (χ3n) is 2.67. The van der Waals surface area contributed by atoms with E-state index in [2.05, 4.69) is 12.6 Å². The summed E-state index contributed by atoms with van der Waals surface area (Å²) in [6.45, 7) is 7.31. The normalized spacial score (nSPS) is 12.9. The highest BCUT2D eigenvalue weighted by molar-refractivity contribution is 5.79. The van der Waals surface area contributed by atoms with Crippen LogP contribution in [0.25, 0.3) is 5.57 Å². The van der Waals surface area contributed by atoms with Crippen LogP contribution in [0.5, 0.6) is 0 Å². The first-order valence-electron chi connectivity index (χ1n) is 6.12. The van der Waals surface area contributed by atoms with Crippen LogP contribution in [0.3, 0.4) is 0 Å². The molecule has 0 bridgehead atoms. The monoisotopic (exact) mass is 267 g/mol. The molecular weight excluding hydrogens is 250 g/mol. The molecule has 1 aromatic rings. The predicted octanol–water partition coefficient (Wildman–Crippen LogP) is 4.36. The topological polar surface area (TPSA) is 64.2 Å². The van der Waals surface area contributed by atoms with Crippen LogP contribution in [-0.2, 0) is 0 Å². The van der Waals surface area contributed by atoms with E-state index in [4.69, 9.17) is 0 Å². The fourth-order valence-electron chi connectivity index (χ4n) is 1.54. The number of aliphatic hydroxyl groups excluding tert-OH is 2. The molecule has 1 aromatic carbocycles. The summed E-state index contributed by atoms with van der Waals surface area (Å²) in [6, 6.07) is 9.64. The van der Waals surface area contributed by atoms with Crippen LogP contribution >= 0.6 is 0 Å². The Morgan fingerprint density at radius 2 is 1.75 bits per heavy atom. The Bertz CT molecular complexity index is 626. The van der Waals surface area contributed by atoms with E-state index in [9.17, 15) is 15.5 Å².